The lowest BCUT2D eigenvalue weighted by molar-refractivity contribution is -0.272. The Morgan fingerprint density at radius 3 is 2.65 bits per heavy atom. The summed E-state index contributed by atoms with van der Waals surface area (Å²) in [5.74, 6) is 0.640. The quantitative estimate of drug-likeness (QED) is 0.696. The molecule has 2 aliphatic heterocycles. The molecule has 26 heavy (non-hydrogen) atoms. The monoisotopic (exact) mass is 361 g/mol. The first-order valence-corrected chi connectivity index (χ1v) is 10.2. The Morgan fingerprint density at radius 2 is 1.92 bits per heavy atom. The fraction of sp³-hybridized carbons (Fsp3) is 0.857. The molecular formula is C21H31NO4. The zero-order valence-electron chi connectivity index (χ0n) is 16.1. The summed E-state index contributed by atoms with van der Waals surface area (Å²) >= 11 is 0. The molecule has 2 heterocycles. The van der Waals surface area contributed by atoms with Crippen molar-refractivity contribution in [2.24, 2.45) is 28.6 Å². The summed E-state index contributed by atoms with van der Waals surface area (Å²) in [5.41, 5.74) is -0.0819. The van der Waals surface area contributed by atoms with Crippen LogP contribution in [0.1, 0.15) is 59.3 Å². The topological polar surface area (TPSA) is 67.8 Å². The summed E-state index contributed by atoms with van der Waals surface area (Å²) in [7, 11) is 0. The summed E-state index contributed by atoms with van der Waals surface area (Å²) in [6.07, 6.45) is 7.25. The van der Waals surface area contributed by atoms with E-state index in [0.717, 1.165) is 31.4 Å². The van der Waals surface area contributed by atoms with Gasteiger partial charge in [0.05, 0.1) is 18.8 Å². The third-order valence-corrected chi connectivity index (χ3v) is 8.61. The summed E-state index contributed by atoms with van der Waals surface area (Å²) < 4.78 is 12.4. The number of fused-ring (bicyclic) bond motifs is 6. The number of piperidine rings is 1. The lowest BCUT2D eigenvalue weighted by Crippen LogP contribution is -2.65. The third-order valence-electron chi connectivity index (χ3n) is 8.61. The number of nitrogens with one attached hydrogen (secondary N) is 1. The first-order valence-electron chi connectivity index (χ1n) is 10.2. The molecule has 0 aromatic rings. The Hall–Kier alpha value is -0.910. The maximum absolute atomic E-state index is 11.9. The standard InChI is InChI=1S/C21H31NO4/c1-18-8-7-16(23)22-15(18)5-4-13-14-6-9-21(25-10-11-26-21)19(14,2)12-20(3,24)17(13)18/h5,13-14,17,24H,4,6-12H2,1-3H3,(H,22,23)/t13?,14?,17?,18-,19-,20-/m0/s1. The molecule has 2 saturated carbocycles. The maximum atomic E-state index is 11.9. The van der Waals surface area contributed by atoms with Gasteiger partial charge in [-0.25, -0.2) is 0 Å². The first kappa shape index (κ1) is 17.2. The highest BCUT2D eigenvalue weighted by molar-refractivity contribution is 5.79. The van der Waals surface area contributed by atoms with E-state index in [-0.39, 0.29) is 22.7 Å². The van der Waals surface area contributed by atoms with Crippen molar-refractivity contribution in [1.29, 1.82) is 0 Å². The van der Waals surface area contributed by atoms with E-state index in [1.165, 1.54) is 0 Å². The van der Waals surface area contributed by atoms with Crippen molar-refractivity contribution < 1.29 is 19.4 Å². The molecule has 2 N–H and O–H groups in total. The molecule has 6 atom stereocenters. The van der Waals surface area contributed by atoms with E-state index in [0.29, 0.717) is 37.9 Å². The number of hydrogen-bond donors (Lipinski definition) is 2. The molecule has 0 bridgehead atoms. The fourth-order valence-electron chi connectivity index (χ4n) is 7.84. The van der Waals surface area contributed by atoms with E-state index >= 15 is 0 Å². The van der Waals surface area contributed by atoms with Crippen molar-refractivity contribution in [1.82, 2.24) is 5.32 Å². The van der Waals surface area contributed by atoms with Gasteiger partial charge in [0.2, 0.25) is 5.91 Å². The molecule has 1 amide bonds. The summed E-state index contributed by atoms with van der Waals surface area (Å²) in [6.45, 7) is 7.86. The molecule has 5 rings (SSSR count). The van der Waals surface area contributed by atoms with Gasteiger partial charge in [0.25, 0.3) is 0 Å². The van der Waals surface area contributed by atoms with Crippen LogP contribution in [0.15, 0.2) is 11.8 Å². The van der Waals surface area contributed by atoms with Crippen LogP contribution in [0.4, 0.5) is 0 Å². The van der Waals surface area contributed by atoms with Gasteiger partial charge in [0.15, 0.2) is 5.79 Å². The van der Waals surface area contributed by atoms with E-state index < -0.39 is 11.4 Å². The van der Waals surface area contributed by atoms with Crippen molar-refractivity contribution in [3.05, 3.63) is 11.8 Å². The van der Waals surface area contributed by atoms with Crippen LogP contribution in [0.5, 0.6) is 0 Å². The molecule has 4 fully saturated rings. The molecule has 0 aromatic carbocycles. The van der Waals surface area contributed by atoms with Crippen LogP contribution in [-0.4, -0.2) is 35.6 Å². The lowest BCUT2D eigenvalue weighted by Gasteiger charge is -2.63. The van der Waals surface area contributed by atoms with Crippen LogP contribution in [0.25, 0.3) is 0 Å². The highest BCUT2D eigenvalue weighted by Crippen LogP contribution is 2.70. The Morgan fingerprint density at radius 1 is 1.19 bits per heavy atom. The second-order valence-electron chi connectivity index (χ2n) is 10.0. The van der Waals surface area contributed by atoms with Gasteiger partial charge < -0.3 is 19.9 Å². The summed E-state index contributed by atoms with van der Waals surface area (Å²) in [6, 6.07) is 0. The number of hydrogen-bond acceptors (Lipinski definition) is 4. The average molecular weight is 361 g/mol. The van der Waals surface area contributed by atoms with Crippen LogP contribution < -0.4 is 5.32 Å². The van der Waals surface area contributed by atoms with E-state index in [2.05, 4.69) is 25.2 Å². The van der Waals surface area contributed by atoms with Crippen LogP contribution in [0.3, 0.4) is 0 Å². The zero-order valence-corrected chi connectivity index (χ0v) is 16.1. The van der Waals surface area contributed by atoms with Crippen LogP contribution in [0, 0.1) is 28.6 Å². The van der Waals surface area contributed by atoms with Crippen molar-refractivity contribution in [3.63, 3.8) is 0 Å². The number of allylic oxidation sites excluding steroid dienone is 2. The van der Waals surface area contributed by atoms with Crippen molar-refractivity contribution in [2.75, 3.05) is 13.2 Å². The van der Waals surface area contributed by atoms with E-state index in [9.17, 15) is 9.90 Å². The number of carbonyl (C=O) groups is 1. The van der Waals surface area contributed by atoms with Gasteiger partial charge in [0, 0.05) is 35.3 Å². The van der Waals surface area contributed by atoms with Gasteiger partial charge in [-0.05, 0) is 44.4 Å². The number of ether oxygens (including phenoxy) is 2. The molecule has 3 unspecified atom stereocenters. The molecule has 5 nitrogen and oxygen atoms in total. The smallest absolute Gasteiger partial charge is 0.224 e. The molecule has 5 aliphatic rings. The van der Waals surface area contributed by atoms with Crippen LogP contribution >= 0.6 is 0 Å². The highest BCUT2D eigenvalue weighted by atomic mass is 16.7. The van der Waals surface area contributed by atoms with Gasteiger partial charge >= 0.3 is 0 Å². The Labute approximate surface area is 155 Å². The molecular weight excluding hydrogens is 330 g/mol. The average Bonchev–Trinajstić information content (AvgIpc) is 3.14. The minimum Gasteiger partial charge on any atom is -0.390 e. The number of aliphatic hydroxyl groups is 1. The molecule has 0 radical (unpaired) electrons. The summed E-state index contributed by atoms with van der Waals surface area (Å²) in [5, 5.41) is 14.9. The zero-order chi connectivity index (χ0) is 18.4. The molecule has 2 saturated heterocycles. The van der Waals surface area contributed by atoms with E-state index in [1.807, 2.05) is 6.92 Å². The number of carbonyl (C=O) groups excluding carboxylic acids is 1. The lowest BCUT2D eigenvalue weighted by atomic mass is 9.45. The minimum absolute atomic E-state index is 0.111. The first-order chi connectivity index (χ1) is 12.2. The van der Waals surface area contributed by atoms with Crippen molar-refractivity contribution >= 4 is 5.91 Å². The van der Waals surface area contributed by atoms with E-state index in [1.54, 1.807) is 0 Å². The predicted octanol–water partition coefficient (Wildman–Crippen LogP) is 2.74. The SMILES string of the molecule is C[C@]1(O)C[C@@]2(C)C(CCC23OCCO3)C2CC=C3NC(=O)CC[C@]3(C)C21. The van der Waals surface area contributed by atoms with Gasteiger partial charge in [-0.15, -0.1) is 0 Å². The highest BCUT2D eigenvalue weighted by Gasteiger charge is 2.71. The Bertz CT molecular complexity index is 679. The normalized spacial score (nSPS) is 52.1. The van der Waals surface area contributed by atoms with Gasteiger partial charge in [0.1, 0.15) is 0 Å². The van der Waals surface area contributed by atoms with E-state index in [4.69, 9.17) is 9.47 Å². The Balaban J connectivity index is 1.59. The third kappa shape index (κ3) is 1.95. The fourth-order valence-corrected chi connectivity index (χ4v) is 7.84. The van der Waals surface area contributed by atoms with Gasteiger partial charge in [-0.1, -0.05) is 19.9 Å². The molecule has 1 spiro atoms. The number of amides is 1. The van der Waals surface area contributed by atoms with Gasteiger partial charge in [-0.2, -0.15) is 0 Å². The minimum atomic E-state index is -0.807. The van der Waals surface area contributed by atoms with Crippen molar-refractivity contribution in [3.8, 4) is 0 Å². The molecule has 3 aliphatic carbocycles. The maximum Gasteiger partial charge on any atom is 0.224 e. The summed E-state index contributed by atoms with van der Waals surface area (Å²) in [4.78, 5) is 11.9. The second-order valence-corrected chi connectivity index (χ2v) is 10.0. The van der Waals surface area contributed by atoms with Crippen molar-refractivity contribution in [2.45, 2.75) is 70.7 Å². The van der Waals surface area contributed by atoms with Crippen LogP contribution in [0.2, 0.25) is 0 Å². The number of rotatable bonds is 0. The molecule has 144 valence electrons. The van der Waals surface area contributed by atoms with Crippen LogP contribution in [-0.2, 0) is 14.3 Å². The largest absolute Gasteiger partial charge is 0.390 e. The van der Waals surface area contributed by atoms with Gasteiger partial charge in [-0.3, -0.25) is 4.79 Å². The Kier molecular flexibility index (Phi) is 3.39. The molecule has 5 heteroatoms. The second kappa shape index (κ2) is 5.12. The predicted molar refractivity (Wildman–Crippen MR) is 95.9 cm³/mol. The molecule has 0 aromatic heterocycles.